The molecule has 0 saturated heterocycles. The SMILES string of the molecule is CN(CCc1ccccn1)C1CCC1CNC(C)(C)C. The quantitative estimate of drug-likeness (QED) is 0.865. The van der Waals surface area contributed by atoms with Crippen molar-refractivity contribution in [1.82, 2.24) is 15.2 Å². The minimum atomic E-state index is 0.229. The summed E-state index contributed by atoms with van der Waals surface area (Å²) < 4.78 is 0. The molecule has 2 unspecified atom stereocenters. The number of hydrogen-bond donors (Lipinski definition) is 1. The number of rotatable bonds is 6. The molecular formula is C17H29N3. The van der Waals surface area contributed by atoms with Gasteiger partial charge in [0.15, 0.2) is 0 Å². The predicted octanol–water partition coefficient (Wildman–Crippen LogP) is 2.72. The Hall–Kier alpha value is -0.930. The van der Waals surface area contributed by atoms with Gasteiger partial charge in [-0.1, -0.05) is 6.07 Å². The Kier molecular flexibility index (Phi) is 5.17. The van der Waals surface area contributed by atoms with Gasteiger partial charge in [0.05, 0.1) is 0 Å². The minimum absolute atomic E-state index is 0.229. The molecule has 0 spiro atoms. The number of aromatic nitrogens is 1. The highest BCUT2D eigenvalue weighted by molar-refractivity contribution is 5.04. The fourth-order valence-corrected chi connectivity index (χ4v) is 2.81. The van der Waals surface area contributed by atoms with Crippen molar-refractivity contribution in [1.29, 1.82) is 0 Å². The molecular weight excluding hydrogens is 246 g/mol. The normalized spacial score (nSPS) is 22.9. The average Bonchev–Trinajstić information content (AvgIpc) is 2.35. The van der Waals surface area contributed by atoms with E-state index in [0.717, 1.165) is 31.5 Å². The van der Waals surface area contributed by atoms with Gasteiger partial charge in [-0.25, -0.2) is 0 Å². The summed E-state index contributed by atoms with van der Waals surface area (Å²) >= 11 is 0. The van der Waals surface area contributed by atoms with Crippen LogP contribution in [-0.2, 0) is 6.42 Å². The lowest BCUT2D eigenvalue weighted by atomic mass is 9.78. The van der Waals surface area contributed by atoms with Crippen LogP contribution in [0, 0.1) is 5.92 Å². The van der Waals surface area contributed by atoms with Crippen molar-refractivity contribution in [2.24, 2.45) is 5.92 Å². The fourth-order valence-electron chi connectivity index (χ4n) is 2.81. The highest BCUT2D eigenvalue weighted by Crippen LogP contribution is 2.31. The predicted molar refractivity (Wildman–Crippen MR) is 84.8 cm³/mol. The van der Waals surface area contributed by atoms with Gasteiger partial charge >= 0.3 is 0 Å². The zero-order valence-corrected chi connectivity index (χ0v) is 13.4. The van der Waals surface area contributed by atoms with Gasteiger partial charge in [0.2, 0.25) is 0 Å². The number of hydrogen-bond acceptors (Lipinski definition) is 3. The monoisotopic (exact) mass is 275 g/mol. The Morgan fingerprint density at radius 2 is 2.10 bits per heavy atom. The average molecular weight is 275 g/mol. The van der Waals surface area contributed by atoms with Gasteiger partial charge in [0.1, 0.15) is 0 Å². The van der Waals surface area contributed by atoms with Crippen molar-refractivity contribution in [3.05, 3.63) is 30.1 Å². The molecule has 2 rings (SSSR count). The standard InChI is InChI=1S/C17H29N3/c1-17(2,3)19-13-14-8-9-16(14)20(4)12-10-15-7-5-6-11-18-15/h5-7,11,14,16,19H,8-10,12-13H2,1-4H3. The first-order valence-electron chi connectivity index (χ1n) is 7.81. The van der Waals surface area contributed by atoms with Crippen LogP contribution in [0.3, 0.4) is 0 Å². The third kappa shape index (κ3) is 4.57. The zero-order valence-electron chi connectivity index (χ0n) is 13.4. The Bertz CT molecular complexity index is 396. The van der Waals surface area contributed by atoms with E-state index in [9.17, 15) is 0 Å². The molecule has 1 heterocycles. The molecule has 1 saturated carbocycles. The molecule has 1 N–H and O–H groups in total. The van der Waals surface area contributed by atoms with Gasteiger partial charge in [0.25, 0.3) is 0 Å². The molecule has 0 radical (unpaired) electrons. The van der Waals surface area contributed by atoms with Crippen LogP contribution >= 0.6 is 0 Å². The van der Waals surface area contributed by atoms with Crippen LogP contribution in [0.4, 0.5) is 0 Å². The summed E-state index contributed by atoms with van der Waals surface area (Å²) in [6, 6.07) is 6.91. The summed E-state index contributed by atoms with van der Waals surface area (Å²) in [6.07, 6.45) is 5.64. The molecule has 0 amide bonds. The maximum absolute atomic E-state index is 4.40. The van der Waals surface area contributed by atoms with E-state index >= 15 is 0 Å². The molecule has 1 aliphatic carbocycles. The molecule has 1 fully saturated rings. The lowest BCUT2D eigenvalue weighted by molar-refractivity contribution is 0.0800. The van der Waals surface area contributed by atoms with Crippen molar-refractivity contribution in [2.45, 2.75) is 51.6 Å². The molecule has 0 aliphatic heterocycles. The second-order valence-electron chi connectivity index (χ2n) is 7.09. The second-order valence-corrected chi connectivity index (χ2v) is 7.09. The van der Waals surface area contributed by atoms with Crippen LogP contribution in [0.1, 0.15) is 39.3 Å². The first kappa shape index (κ1) is 15.5. The maximum Gasteiger partial charge on any atom is 0.0416 e. The lowest BCUT2D eigenvalue weighted by Crippen LogP contribution is -2.52. The minimum Gasteiger partial charge on any atom is -0.312 e. The van der Waals surface area contributed by atoms with Crippen LogP contribution < -0.4 is 5.32 Å². The van der Waals surface area contributed by atoms with Gasteiger partial charge in [-0.3, -0.25) is 4.98 Å². The lowest BCUT2D eigenvalue weighted by Gasteiger charge is -2.44. The summed E-state index contributed by atoms with van der Waals surface area (Å²) in [7, 11) is 2.26. The van der Waals surface area contributed by atoms with Crippen LogP contribution in [0.5, 0.6) is 0 Å². The van der Waals surface area contributed by atoms with Crippen molar-refractivity contribution >= 4 is 0 Å². The Morgan fingerprint density at radius 3 is 2.65 bits per heavy atom. The van der Waals surface area contributed by atoms with E-state index in [0.29, 0.717) is 0 Å². The Balaban J connectivity index is 1.74. The van der Waals surface area contributed by atoms with Crippen LogP contribution in [0.25, 0.3) is 0 Å². The summed E-state index contributed by atoms with van der Waals surface area (Å²) in [4.78, 5) is 6.92. The molecule has 1 aromatic rings. The number of nitrogens with one attached hydrogen (secondary N) is 1. The summed E-state index contributed by atoms with van der Waals surface area (Å²) in [5.74, 6) is 0.808. The van der Waals surface area contributed by atoms with Crippen LogP contribution in [0.15, 0.2) is 24.4 Å². The van der Waals surface area contributed by atoms with Gasteiger partial charge in [-0.2, -0.15) is 0 Å². The van der Waals surface area contributed by atoms with Crippen molar-refractivity contribution in [2.75, 3.05) is 20.1 Å². The smallest absolute Gasteiger partial charge is 0.0416 e. The molecule has 3 nitrogen and oxygen atoms in total. The van der Waals surface area contributed by atoms with Crippen LogP contribution in [-0.4, -0.2) is 41.6 Å². The topological polar surface area (TPSA) is 28.2 Å². The van der Waals surface area contributed by atoms with E-state index in [1.807, 2.05) is 12.3 Å². The first-order chi connectivity index (χ1) is 9.46. The molecule has 2 atom stereocenters. The molecule has 0 bridgehead atoms. The first-order valence-corrected chi connectivity index (χ1v) is 7.81. The molecule has 0 aromatic carbocycles. The van der Waals surface area contributed by atoms with Crippen molar-refractivity contribution in [3.8, 4) is 0 Å². The van der Waals surface area contributed by atoms with E-state index in [-0.39, 0.29) is 5.54 Å². The zero-order chi connectivity index (χ0) is 14.6. The van der Waals surface area contributed by atoms with Crippen LogP contribution in [0.2, 0.25) is 0 Å². The highest BCUT2D eigenvalue weighted by atomic mass is 15.1. The second kappa shape index (κ2) is 6.68. The number of pyridine rings is 1. The van der Waals surface area contributed by atoms with E-state index in [2.05, 4.69) is 55.2 Å². The van der Waals surface area contributed by atoms with Crippen molar-refractivity contribution in [3.63, 3.8) is 0 Å². The summed E-state index contributed by atoms with van der Waals surface area (Å²) in [5.41, 5.74) is 1.43. The fraction of sp³-hybridized carbons (Fsp3) is 0.706. The van der Waals surface area contributed by atoms with Crippen molar-refractivity contribution < 1.29 is 0 Å². The largest absolute Gasteiger partial charge is 0.312 e. The highest BCUT2D eigenvalue weighted by Gasteiger charge is 2.33. The van der Waals surface area contributed by atoms with E-state index in [4.69, 9.17) is 0 Å². The molecule has 112 valence electrons. The van der Waals surface area contributed by atoms with E-state index in [1.54, 1.807) is 0 Å². The van der Waals surface area contributed by atoms with E-state index in [1.165, 1.54) is 18.5 Å². The Morgan fingerprint density at radius 1 is 1.30 bits per heavy atom. The Labute approximate surface area is 123 Å². The molecule has 1 aliphatic rings. The maximum atomic E-state index is 4.40. The molecule has 3 heteroatoms. The molecule has 20 heavy (non-hydrogen) atoms. The van der Waals surface area contributed by atoms with Gasteiger partial charge < -0.3 is 10.2 Å². The number of nitrogens with zero attached hydrogens (tertiary/aromatic N) is 2. The van der Waals surface area contributed by atoms with Gasteiger partial charge in [-0.05, 0) is 65.3 Å². The third-order valence-electron chi connectivity index (χ3n) is 4.28. The van der Waals surface area contributed by atoms with E-state index < -0.39 is 0 Å². The van der Waals surface area contributed by atoms with Gasteiger partial charge in [0, 0.05) is 36.4 Å². The third-order valence-corrected chi connectivity index (χ3v) is 4.28. The number of likely N-dealkylation sites (N-methyl/N-ethyl adjacent to an activating group) is 1. The molecule has 1 aromatic heterocycles. The van der Waals surface area contributed by atoms with Gasteiger partial charge in [-0.15, -0.1) is 0 Å². The summed E-state index contributed by atoms with van der Waals surface area (Å²) in [6.45, 7) is 8.97. The summed E-state index contributed by atoms with van der Waals surface area (Å²) in [5, 5.41) is 3.64.